The highest BCUT2D eigenvalue weighted by molar-refractivity contribution is 5.74. The fraction of sp³-hybridized carbons (Fsp3) is 0.556. The first-order valence-corrected chi connectivity index (χ1v) is 4.71. The van der Waals surface area contributed by atoms with Gasteiger partial charge in [-0.3, -0.25) is 0 Å². The molecular weight excluding hydrogens is 212 g/mol. The number of aliphatic hydroxyl groups excluding tert-OH is 1. The zero-order valence-corrected chi connectivity index (χ0v) is 8.99. The Morgan fingerprint density at radius 2 is 2.44 bits per heavy atom. The molecule has 86 valence electrons. The summed E-state index contributed by atoms with van der Waals surface area (Å²) in [5.41, 5.74) is 0. The summed E-state index contributed by atoms with van der Waals surface area (Å²) in [6.07, 6.45) is -0.326. The monoisotopic (exact) mass is 224 g/mol. The van der Waals surface area contributed by atoms with Crippen molar-refractivity contribution in [3.63, 3.8) is 0 Å². The van der Waals surface area contributed by atoms with Crippen LogP contribution in [0.25, 0.3) is 0 Å². The van der Waals surface area contributed by atoms with Crippen LogP contribution in [-0.4, -0.2) is 38.0 Å². The summed E-state index contributed by atoms with van der Waals surface area (Å²) in [6, 6.07) is 1.74. The summed E-state index contributed by atoms with van der Waals surface area (Å²) in [4.78, 5) is 14.9. The molecule has 1 N–H and O–H groups in total. The van der Waals surface area contributed by atoms with Crippen LogP contribution >= 0.6 is 0 Å². The molecule has 0 saturated carbocycles. The van der Waals surface area contributed by atoms with E-state index in [1.165, 1.54) is 11.0 Å². The SMILES string of the molecule is CC(C)OC(=O)[C@H](O)Cn1cnc(C#N)n1. The Bertz CT molecular complexity index is 407. The average molecular weight is 224 g/mol. The van der Waals surface area contributed by atoms with Crippen molar-refractivity contribution in [2.45, 2.75) is 32.6 Å². The number of hydrogen-bond acceptors (Lipinski definition) is 6. The second kappa shape index (κ2) is 5.23. The lowest BCUT2D eigenvalue weighted by Crippen LogP contribution is -2.30. The second-order valence-electron chi connectivity index (χ2n) is 3.40. The molecule has 0 saturated heterocycles. The predicted molar refractivity (Wildman–Crippen MR) is 52.0 cm³/mol. The van der Waals surface area contributed by atoms with Crippen LogP contribution in [0.1, 0.15) is 19.7 Å². The summed E-state index contributed by atoms with van der Waals surface area (Å²) in [6.45, 7) is 3.29. The van der Waals surface area contributed by atoms with Gasteiger partial charge >= 0.3 is 5.97 Å². The van der Waals surface area contributed by atoms with E-state index in [0.29, 0.717) is 0 Å². The maximum Gasteiger partial charge on any atom is 0.337 e. The maximum absolute atomic E-state index is 11.2. The number of aromatic nitrogens is 3. The predicted octanol–water partition coefficient (Wildman–Crippen LogP) is -0.538. The molecule has 1 aromatic rings. The van der Waals surface area contributed by atoms with Crippen LogP contribution in [0.15, 0.2) is 6.33 Å². The highest BCUT2D eigenvalue weighted by Crippen LogP contribution is 1.98. The summed E-state index contributed by atoms with van der Waals surface area (Å²) < 4.78 is 6.01. The van der Waals surface area contributed by atoms with Gasteiger partial charge in [0.2, 0.25) is 0 Å². The van der Waals surface area contributed by atoms with Crippen LogP contribution in [0.5, 0.6) is 0 Å². The molecule has 7 nitrogen and oxygen atoms in total. The Labute approximate surface area is 92.3 Å². The molecule has 0 bridgehead atoms. The van der Waals surface area contributed by atoms with Gasteiger partial charge in [0.25, 0.3) is 5.82 Å². The number of nitriles is 1. The minimum absolute atomic E-state index is 0.00979. The smallest absolute Gasteiger partial charge is 0.337 e. The standard InChI is InChI=1S/C9H12N4O3/c1-6(2)16-9(15)7(14)4-13-5-11-8(3-10)12-13/h5-7,14H,4H2,1-2H3/t7-/m1/s1. The molecule has 16 heavy (non-hydrogen) atoms. The van der Waals surface area contributed by atoms with Gasteiger partial charge in [0.15, 0.2) is 6.10 Å². The molecule has 0 aliphatic rings. The summed E-state index contributed by atoms with van der Waals surface area (Å²) >= 11 is 0. The molecule has 0 aromatic carbocycles. The van der Waals surface area contributed by atoms with Gasteiger partial charge in [0.05, 0.1) is 12.6 Å². The molecular formula is C9H12N4O3. The number of carbonyl (C=O) groups excluding carboxylic acids is 1. The van der Waals surface area contributed by atoms with E-state index in [9.17, 15) is 9.90 Å². The van der Waals surface area contributed by atoms with Gasteiger partial charge in [-0.1, -0.05) is 0 Å². The molecule has 0 spiro atoms. The Morgan fingerprint density at radius 1 is 1.75 bits per heavy atom. The van der Waals surface area contributed by atoms with Crippen molar-refractivity contribution < 1.29 is 14.6 Å². The van der Waals surface area contributed by atoms with Crippen LogP contribution in [0.2, 0.25) is 0 Å². The van der Waals surface area contributed by atoms with E-state index in [4.69, 9.17) is 10.00 Å². The molecule has 0 fully saturated rings. The summed E-state index contributed by atoms with van der Waals surface area (Å²) in [5, 5.41) is 21.6. The van der Waals surface area contributed by atoms with E-state index in [2.05, 4.69) is 10.1 Å². The van der Waals surface area contributed by atoms with Crippen molar-refractivity contribution in [1.82, 2.24) is 14.8 Å². The van der Waals surface area contributed by atoms with Crippen LogP contribution in [0.3, 0.4) is 0 Å². The zero-order chi connectivity index (χ0) is 12.1. The van der Waals surface area contributed by atoms with Crippen molar-refractivity contribution in [2.75, 3.05) is 0 Å². The minimum Gasteiger partial charge on any atom is -0.461 e. The largest absolute Gasteiger partial charge is 0.461 e. The van der Waals surface area contributed by atoms with Gasteiger partial charge in [-0.05, 0) is 13.8 Å². The molecule has 0 aliphatic heterocycles. The van der Waals surface area contributed by atoms with Gasteiger partial charge in [0.1, 0.15) is 12.4 Å². The summed E-state index contributed by atoms with van der Waals surface area (Å²) in [5.74, 6) is -0.728. The van der Waals surface area contributed by atoms with Gasteiger partial charge in [-0.15, -0.1) is 5.10 Å². The molecule has 1 heterocycles. The van der Waals surface area contributed by atoms with E-state index in [1.807, 2.05) is 0 Å². The Balaban J connectivity index is 2.54. The maximum atomic E-state index is 11.2. The number of ether oxygens (including phenoxy) is 1. The fourth-order valence-corrected chi connectivity index (χ4v) is 0.996. The molecule has 1 rings (SSSR count). The quantitative estimate of drug-likeness (QED) is 0.689. The third-order valence-corrected chi connectivity index (χ3v) is 1.62. The van der Waals surface area contributed by atoms with Crippen LogP contribution in [0, 0.1) is 11.3 Å². The first kappa shape index (κ1) is 12.1. The Kier molecular flexibility index (Phi) is 3.96. The number of aliphatic hydroxyl groups is 1. The Morgan fingerprint density at radius 3 is 2.94 bits per heavy atom. The zero-order valence-electron chi connectivity index (χ0n) is 8.99. The van der Waals surface area contributed by atoms with Gasteiger partial charge in [0, 0.05) is 0 Å². The van der Waals surface area contributed by atoms with Crippen molar-refractivity contribution in [1.29, 1.82) is 5.26 Å². The van der Waals surface area contributed by atoms with Crippen molar-refractivity contribution in [3.05, 3.63) is 12.2 Å². The van der Waals surface area contributed by atoms with E-state index < -0.39 is 12.1 Å². The van der Waals surface area contributed by atoms with Gasteiger partial charge in [-0.25, -0.2) is 14.5 Å². The Hall–Kier alpha value is -1.94. The average Bonchev–Trinajstić information content (AvgIpc) is 2.64. The number of carbonyl (C=O) groups is 1. The summed E-state index contributed by atoms with van der Waals surface area (Å²) in [7, 11) is 0. The molecule has 0 radical (unpaired) electrons. The highest BCUT2D eigenvalue weighted by atomic mass is 16.6. The van der Waals surface area contributed by atoms with Crippen LogP contribution < -0.4 is 0 Å². The van der Waals surface area contributed by atoms with E-state index >= 15 is 0 Å². The third kappa shape index (κ3) is 3.33. The number of esters is 1. The van der Waals surface area contributed by atoms with E-state index in [1.54, 1.807) is 19.9 Å². The fourth-order valence-electron chi connectivity index (χ4n) is 0.996. The lowest BCUT2D eigenvalue weighted by Gasteiger charge is -2.12. The van der Waals surface area contributed by atoms with Crippen LogP contribution in [-0.2, 0) is 16.1 Å². The number of rotatable bonds is 4. The second-order valence-corrected chi connectivity index (χ2v) is 3.40. The van der Waals surface area contributed by atoms with Crippen LogP contribution in [0.4, 0.5) is 0 Å². The molecule has 0 aliphatic carbocycles. The molecule has 1 aromatic heterocycles. The number of hydrogen-bond donors (Lipinski definition) is 1. The van der Waals surface area contributed by atoms with Crippen molar-refractivity contribution >= 4 is 5.97 Å². The highest BCUT2D eigenvalue weighted by Gasteiger charge is 2.19. The van der Waals surface area contributed by atoms with Gasteiger partial charge in [-0.2, -0.15) is 5.26 Å². The molecule has 1 atom stereocenters. The minimum atomic E-state index is -1.31. The normalized spacial score (nSPS) is 12.2. The molecule has 0 unspecified atom stereocenters. The molecule has 7 heteroatoms. The first-order chi connectivity index (χ1) is 7.52. The van der Waals surface area contributed by atoms with E-state index in [-0.39, 0.29) is 18.5 Å². The van der Waals surface area contributed by atoms with E-state index in [0.717, 1.165) is 0 Å². The topological polar surface area (TPSA) is 101 Å². The van der Waals surface area contributed by atoms with Crippen molar-refractivity contribution in [3.8, 4) is 6.07 Å². The third-order valence-electron chi connectivity index (χ3n) is 1.62. The first-order valence-electron chi connectivity index (χ1n) is 4.71. The lowest BCUT2D eigenvalue weighted by atomic mass is 10.3. The number of nitrogens with zero attached hydrogens (tertiary/aromatic N) is 4. The van der Waals surface area contributed by atoms with Gasteiger partial charge < -0.3 is 9.84 Å². The molecule has 0 amide bonds. The van der Waals surface area contributed by atoms with Crippen molar-refractivity contribution in [2.24, 2.45) is 0 Å². The lowest BCUT2D eigenvalue weighted by molar-refractivity contribution is -0.158.